The predicted octanol–water partition coefficient (Wildman–Crippen LogP) is 0.869. The van der Waals surface area contributed by atoms with Gasteiger partial charge in [-0.2, -0.15) is 0 Å². The van der Waals surface area contributed by atoms with E-state index in [9.17, 15) is 4.79 Å². The maximum atomic E-state index is 12.1. The highest BCUT2D eigenvalue weighted by molar-refractivity contribution is 7.09. The van der Waals surface area contributed by atoms with E-state index >= 15 is 0 Å². The molecule has 2 unspecified atom stereocenters. The lowest BCUT2D eigenvalue weighted by Gasteiger charge is -2.13. The van der Waals surface area contributed by atoms with Crippen molar-refractivity contribution < 1.29 is 9.53 Å². The Kier molecular flexibility index (Phi) is 3.14. The maximum absolute atomic E-state index is 12.1. The van der Waals surface area contributed by atoms with E-state index in [0.717, 1.165) is 5.01 Å². The van der Waals surface area contributed by atoms with Gasteiger partial charge in [0.05, 0.1) is 24.1 Å². The van der Waals surface area contributed by atoms with E-state index < -0.39 is 0 Å². The van der Waals surface area contributed by atoms with Crippen molar-refractivity contribution in [2.45, 2.75) is 13.0 Å². The third kappa shape index (κ3) is 2.09. The first-order valence-corrected chi connectivity index (χ1v) is 5.81. The number of thiazole rings is 1. The molecule has 1 saturated heterocycles. The van der Waals surface area contributed by atoms with Crippen LogP contribution in [0.15, 0.2) is 5.38 Å². The zero-order valence-electron chi connectivity index (χ0n) is 8.82. The second-order valence-corrected chi connectivity index (χ2v) is 4.72. The Balaban J connectivity index is 2.13. The third-order valence-electron chi connectivity index (χ3n) is 2.66. The van der Waals surface area contributed by atoms with Gasteiger partial charge in [-0.05, 0) is 14.0 Å². The minimum Gasteiger partial charge on any atom is -0.379 e. The van der Waals surface area contributed by atoms with Crippen molar-refractivity contribution in [2.24, 2.45) is 5.92 Å². The van der Waals surface area contributed by atoms with Crippen molar-refractivity contribution in [3.8, 4) is 0 Å². The third-order valence-corrected chi connectivity index (χ3v) is 3.43. The number of Topliss-reactive ketones (excluding diaryl/α,β-unsaturated/α-hetero) is 1. The Morgan fingerprint density at radius 1 is 1.67 bits per heavy atom. The van der Waals surface area contributed by atoms with E-state index in [1.54, 1.807) is 0 Å². The Morgan fingerprint density at radius 3 is 3.07 bits per heavy atom. The van der Waals surface area contributed by atoms with Crippen LogP contribution in [0.3, 0.4) is 0 Å². The van der Waals surface area contributed by atoms with Crippen molar-refractivity contribution in [1.82, 2.24) is 10.3 Å². The molecule has 4 nitrogen and oxygen atoms in total. The van der Waals surface area contributed by atoms with Crippen LogP contribution in [0.2, 0.25) is 0 Å². The molecule has 0 bridgehead atoms. The van der Waals surface area contributed by atoms with E-state index in [1.807, 2.05) is 19.4 Å². The van der Waals surface area contributed by atoms with Crippen LogP contribution >= 0.6 is 11.3 Å². The summed E-state index contributed by atoms with van der Waals surface area (Å²) in [4.78, 5) is 16.3. The van der Waals surface area contributed by atoms with E-state index in [-0.39, 0.29) is 17.7 Å². The molecule has 0 amide bonds. The van der Waals surface area contributed by atoms with Gasteiger partial charge in [0.15, 0.2) is 5.78 Å². The smallest absolute Gasteiger partial charge is 0.189 e. The molecule has 1 aliphatic heterocycles. The molecule has 0 radical (unpaired) electrons. The molecule has 0 spiro atoms. The number of nitrogens with zero attached hydrogens (tertiary/aromatic N) is 1. The second kappa shape index (κ2) is 4.38. The summed E-state index contributed by atoms with van der Waals surface area (Å²) in [7, 11) is 1.85. The lowest BCUT2D eigenvalue weighted by Crippen LogP contribution is -2.37. The van der Waals surface area contributed by atoms with E-state index in [1.165, 1.54) is 11.3 Å². The van der Waals surface area contributed by atoms with Crippen LogP contribution in [0, 0.1) is 12.8 Å². The van der Waals surface area contributed by atoms with E-state index in [4.69, 9.17) is 4.74 Å². The standard InChI is InChI=1S/C10H14N2O2S/c1-6-12-9(5-15-6)10(13)7-3-14-4-8(7)11-2/h5,7-8,11H,3-4H2,1-2H3. The number of hydrogen-bond acceptors (Lipinski definition) is 5. The summed E-state index contributed by atoms with van der Waals surface area (Å²) in [5, 5.41) is 5.85. The van der Waals surface area contributed by atoms with Crippen molar-refractivity contribution in [2.75, 3.05) is 20.3 Å². The van der Waals surface area contributed by atoms with Crippen molar-refractivity contribution >= 4 is 17.1 Å². The number of hydrogen-bond donors (Lipinski definition) is 1. The molecule has 1 aliphatic rings. The number of likely N-dealkylation sites (N-methyl/N-ethyl adjacent to an activating group) is 1. The molecular weight excluding hydrogens is 212 g/mol. The Morgan fingerprint density at radius 2 is 2.47 bits per heavy atom. The van der Waals surface area contributed by atoms with E-state index in [2.05, 4.69) is 10.3 Å². The summed E-state index contributed by atoms with van der Waals surface area (Å²) in [6.45, 7) is 3.01. The van der Waals surface area contributed by atoms with Crippen LogP contribution in [0.4, 0.5) is 0 Å². The van der Waals surface area contributed by atoms with Crippen LogP contribution in [0.1, 0.15) is 15.5 Å². The van der Waals surface area contributed by atoms with Crippen molar-refractivity contribution in [3.63, 3.8) is 0 Å². The summed E-state index contributed by atoms with van der Waals surface area (Å²) in [6.07, 6.45) is 0. The van der Waals surface area contributed by atoms with E-state index in [0.29, 0.717) is 18.9 Å². The average Bonchev–Trinajstić information content (AvgIpc) is 2.84. The lowest BCUT2D eigenvalue weighted by molar-refractivity contribution is 0.0888. The molecule has 15 heavy (non-hydrogen) atoms. The summed E-state index contributed by atoms with van der Waals surface area (Å²) >= 11 is 1.51. The van der Waals surface area contributed by atoms with Gasteiger partial charge in [0.1, 0.15) is 5.69 Å². The molecule has 0 saturated carbocycles. The van der Waals surface area contributed by atoms with Crippen LogP contribution < -0.4 is 5.32 Å². The van der Waals surface area contributed by atoms with Crippen LogP contribution in [-0.4, -0.2) is 37.1 Å². The zero-order chi connectivity index (χ0) is 10.8. The van der Waals surface area contributed by atoms with Gasteiger partial charge in [0.2, 0.25) is 0 Å². The first kappa shape index (κ1) is 10.7. The number of nitrogens with one attached hydrogen (secondary N) is 1. The fourth-order valence-electron chi connectivity index (χ4n) is 1.76. The number of aromatic nitrogens is 1. The zero-order valence-corrected chi connectivity index (χ0v) is 9.63. The predicted molar refractivity (Wildman–Crippen MR) is 58.3 cm³/mol. The van der Waals surface area contributed by atoms with Gasteiger partial charge in [-0.1, -0.05) is 0 Å². The number of carbonyl (C=O) groups is 1. The topological polar surface area (TPSA) is 51.2 Å². The maximum Gasteiger partial charge on any atom is 0.189 e. The average molecular weight is 226 g/mol. The molecule has 2 atom stereocenters. The number of ether oxygens (including phenoxy) is 1. The van der Waals surface area contributed by atoms with Crippen LogP contribution in [-0.2, 0) is 4.74 Å². The van der Waals surface area contributed by atoms with Crippen molar-refractivity contribution in [3.05, 3.63) is 16.1 Å². The van der Waals surface area contributed by atoms with Gasteiger partial charge < -0.3 is 10.1 Å². The molecule has 1 N–H and O–H groups in total. The van der Waals surface area contributed by atoms with Gasteiger partial charge in [0, 0.05) is 11.4 Å². The molecule has 1 fully saturated rings. The monoisotopic (exact) mass is 226 g/mol. The van der Waals surface area contributed by atoms with Crippen molar-refractivity contribution in [1.29, 1.82) is 0 Å². The van der Waals surface area contributed by atoms with Gasteiger partial charge >= 0.3 is 0 Å². The van der Waals surface area contributed by atoms with Crippen LogP contribution in [0.5, 0.6) is 0 Å². The minimum absolute atomic E-state index is 0.0866. The quantitative estimate of drug-likeness (QED) is 0.777. The minimum atomic E-state index is -0.0866. The largest absolute Gasteiger partial charge is 0.379 e. The highest BCUT2D eigenvalue weighted by Crippen LogP contribution is 2.20. The molecule has 1 aromatic heterocycles. The molecule has 0 aliphatic carbocycles. The molecule has 0 aromatic carbocycles. The lowest BCUT2D eigenvalue weighted by atomic mass is 9.97. The SMILES string of the molecule is CNC1COCC1C(=O)c1csc(C)n1. The molecule has 2 rings (SSSR count). The number of rotatable bonds is 3. The van der Waals surface area contributed by atoms with Gasteiger partial charge in [-0.3, -0.25) is 4.79 Å². The molecule has 1 aromatic rings. The molecule has 2 heterocycles. The Labute approximate surface area is 92.7 Å². The summed E-state index contributed by atoms with van der Waals surface area (Å²) in [5.41, 5.74) is 0.577. The number of aryl methyl sites for hydroxylation is 1. The summed E-state index contributed by atoms with van der Waals surface area (Å²) in [6, 6.07) is 0.125. The molecule has 82 valence electrons. The highest BCUT2D eigenvalue weighted by Gasteiger charge is 2.34. The number of ketones is 1. The Bertz CT molecular complexity index is 364. The first-order chi connectivity index (χ1) is 7.22. The fraction of sp³-hybridized carbons (Fsp3) is 0.600. The van der Waals surface area contributed by atoms with Crippen LogP contribution in [0.25, 0.3) is 0 Å². The summed E-state index contributed by atoms with van der Waals surface area (Å²) in [5.74, 6) is 0.00713. The molecule has 5 heteroatoms. The first-order valence-electron chi connectivity index (χ1n) is 4.93. The fourth-order valence-corrected chi connectivity index (χ4v) is 2.37. The second-order valence-electron chi connectivity index (χ2n) is 3.66. The molecular formula is C10H14N2O2S. The van der Waals surface area contributed by atoms with Gasteiger partial charge in [0.25, 0.3) is 0 Å². The number of carbonyl (C=O) groups excluding carboxylic acids is 1. The van der Waals surface area contributed by atoms with Gasteiger partial charge in [-0.25, -0.2) is 4.98 Å². The van der Waals surface area contributed by atoms with Gasteiger partial charge in [-0.15, -0.1) is 11.3 Å². The Hall–Kier alpha value is -0.780. The normalized spacial score (nSPS) is 25.7. The summed E-state index contributed by atoms with van der Waals surface area (Å²) < 4.78 is 5.30. The highest BCUT2D eigenvalue weighted by atomic mass is 32.1.